The van der Waals surface area contributed by atoms with Gasteiger partial charge in [-0.1, -0.05) is 11.8 Å². The number of aryl methyl sites for hydroxylation is 1. The highest BCUT2D eigenvalue weighted by Crippen LogP contribution is 2.49. The second-order valence-electron chi connectivity index (χ2n) is 3.55. The van der Waals surface area contributed by atoms with Gasteiger partial charge in [-0.05, 0) is 42.5 Å². The zero-order chi connectivity index (χ0) is 9.31. The smallest absolute Gasteiger partial charge is 0.170 e. The Morgan fingerprint density at radius 3 is 2.85 bits per heavy atom. The molecule has 1 fully saturated rings. The molecule has 1 saturated carbocycles. The monoisotopic (exact) mass is 232 g/mol. The minimum atomic E-state index is 0.521. The minimum absolute atomic E-state index is 0.521. The van der Waals surface area contributed by atoms with Crippen molar-refractivity contribution >= 4 is 35.9 Å². The Bertz CT molecular complexity index is 293. The molecule has 5 heteroatoms. The van der Waals surface area contributed by atoms with Crippen LogP contribution in [0.1, 0.15) is 18.7 Å². The zero-order valence-electron chi connectivity index (χ0n) is 7.49. The molecule has 0 aromatic carbocycles. The van der Waals surface area contributed by atoms with Crippen LogP contribution in [-0.4, -0.2) is 20.9 Å². The van der Waals surface area contributed by atoms with Crippen molar-refractivity contribution in [3.63, 3.8) is 0 Å². The molecule has 1 aromatic rings. The van der Waals surface area contributed by atoms with Gasteiger partial charge >= 0.3 is 0 Å². The molecule has 2 nitrogen and oxygen atoms in total. The Balaban J connectivity index is 1.86. The van der Waals surface area contributed by atoms with Crippen LogP contribution in [-0.2, 0) is 0 Å². The van der Waals surface area contributed by atoms with Crippen molar-refractivity contribution in [1.29, 1.82) is 0 Å². The predicted molar refractivity (Wildman–Crippen MR) is 60.9 cm³/mol. The largest absolute Gasteiger partial charge is 0.213 e. The molecule has 72 valence electrons. The molecule has 1 aliphatic carbocycles. The number of thiol groups is 1. The standard InChI is InChI=1S/C8H12N2S3/c1-6-9-7(13-10-6)12-5-8(4-11)2-3-8/h11H,2-5H2,1H3. The fourth-order valence-electron chi connectivity index (χ4n) is 1.08. The molecular weight excluding hydrogens is 220 g/mol. The molecule has 0 amide bonds. The van der Waals surface area contributed by atoms with Gasteiger partial charge in [0.25, 0.3) is 0 Å². The Labute approximate surface area is 92.1 Å². The van der Waals surface area contributed by atoms with Gasteiger partial charge in [-0.3, -0.25) is 0 Å². The van der Waals surface area contributed by atoms with E-state index >= 15 is 0 Å². The SMILES string of the molecule is Cc1nsc(SCC2(CS)CC2)n1. The van der Waals surface area contributed by atoms with Gasteiger partial charge in [0.05, 0.1) is 0 Å². The maximum atomic E-state index is 4.37. The summed E-state index contributed by atoms with van der Waals surface area (Å²) in [5.74, 6) is 3.06. The van der Waals surface area contributed by atoms with Crippen LogP contribution >= 0.6 is 35.9 Å². The quantitative estimate of drug-likeness (QED) is 0.638. The molecule has 0 unspecified atom stereocenters. The second kappa shape index (κ2) is 3.79. The van der Waals surface area contributed by atoms with Crippen LogP contribution in [0.3, 0.4) is 0 Å². The third kappa shape index (κ3) is 2.39. The van der Waals surface area contributed by atoms with E-state index in [4.69, 9.17) is 0 Å². The first-order valence-corrected chi connectivity index (χ1v) is 6.67. The Kier molecular flexibility index (Phi) is 2.86. The van der Waals surface area contributed by atoms with E-state index in [9.17, 15) is 0 Å². The molecule has 0 atom stereocenters. The van der Waals surface area contributed by atoms with Crippen molar-refractivity contribution in [3.05, 3.63) is 5.82 Å². The molecule has 13 heavy (non-hydrogen) atoms. The van der Waals surface area contributed by atoms with Crippen molar-refractivity contribution < 1.29 is 0 Å². The van der Waals surface area contributed by atoms with Crippen LogP contribution in [0.4, 0.5) is 0 Å². The van der Waals surface area contributed by atoms with Crippen LogP contribution in [0.15, 0.2) is 4.34 Å². The molecule has 0 spiro atoms. The van der Waals surface area contributed by atoms with E-state index in [-0.39, 0.29) is 0 Å². The van der Waals surface area contributed by atoms with E-state index in [1.54, 1.807) is 0 Å². The number of hydrogen-bond acceptors (Lipinski definition) is 5. The third-order valence-corrected chi connectivity index (χ3v) is 5.25. The summed E-state index contributed by atoms with van der Waals surface area (Å²) in [6.07, 6.45) is 2.67. The fourth-order valence-corrected chi connectivity index (χ4v) is 3.60. The van der Waals surface area contributed by atoms with E-state index in [0.717, 1.165) is 21.7 Å². The predicted octanol–water partition coefficient (Wildman–Crippen LogP) is 2.65. The van der Waals surface area contributed by atoms with Gasteiger partial charge in [0.2, 0.25) is 0 Å². The first-order chi connectivity index (χ1) is 6.24. The van der Waals surface area contributed by atoms with Gasteiger partial charge in [0.1, 0.15) is 5.82 Å². The molecular formula is C8H12N2S3. The second-order valence-corrected chi connectivity index (χ2v) is 5.84. The van der Waals surface area contributed by atoms with E-state index in [1.165, 1.54) is 24.4 Å². The first-order valence-electron chi connectivity index (χ1n) is 4.28. The third-order valence-electron chi connectivity index (χ3n) is 2.30. The zero-order valence-corrected chi connectivity index (χ0v) is 10.0. The minimum Gasteiger partial charge on any atom is -0.213 e. The lowest BCUT2D eigenvalue weighted by Crippen LogP contribution is -2.05. The summed E-state index contributed by atoms with van der Waals surface area (Å²) >= 11 is 7.71. The Morgan fingerprint density at radius 2 is 2.38 bits per heavy atom. The average molecular weight is 232 g/mol. The molecule has 0 N–H and O–H groups in total. The molecule has 0 radical (unpaired) electrons. The van der Waals surface area contributed by atoms with Crippen LogP contribution in [0.25, 0.3) is 0 Å². The van der Waals surface area contributed by atoms with Crippen LogP contribution < -0.4 is 0 Å². The number of hydrogen-bond donors (Lipinski definition) is 1. The Hall–Kier alpha value is 0.260. The van der Waals surface area contributed by atoms with E-state index < -0.39 is 0 Å². The van der Waals surface area contributed by atoms with Gasteiger partial charge in [-0.25, -0.2) is 4.98 Å². The maximum Gasteiger partial charge on any atom is 0.170 e. The van der Waals surface area contributed by atoms with Crippen molar-refractivity contribution in [2.45, 2.75) is 24.1 Å². The van der Waals surface area contributed by atoms with Crippen LogP contribution in [0.5, 0.6) is 0 Å². The van der Waals surface area contributed by atoms with E-state index in [1.807, 2.05) is 18.7 Å². The highest BCUT2D eigenvalue weighted by Gasteiger charge is 2.41. The molecule has 0 bridgehead atoms. The summed E-state index contributed by atoms with van der Waals surface area (Å²) < 4.78 is 5.26. The fraction of sp³-hybridized carbons (Fsp3) is 0.750. The lowest BCUT2D eigenvalue weighted by atomic mass is 10.2. The normalized spacial score (nSPS) is 18.9. The van der Waals surface area contributed by atoms with Crippen molar-refractivity contribution in [2.24, 2.45) is 5.41 Å². The highest BCUT2D eigenvalue weighted by molar-refractivity contribution is 8.01. The number of nitrogens with zero attached hydrogens (tertiary/aromatic N) is 2. The number of aromatic nitrogens is 2. The van der Waals surface area contributed by atoms with E-state index in [2.05, 4.69) is 22.0 Å². The van der Waals surface area contributed by atoms with Crippen molar-refractivity contribution in [1.82, 2.24) is 9.36 Å². The van der Waals surface area contributed by atoms with Crippen LogP contribution in [0, 0.1) is 12.3 Å². The highest BCUT2D eigenvalue weighted by atomic mass is 32.2. The lowest BCUT2D eigenvalue weighted by Gasteiger charge is -2.08. The topological polar surface area (TPSA) is 25.8 Å². The molecule has 0 saturated heterocycles. The summed E-state index contributed by atoms with van der Waals surface area (Å²) in [5.41, 5.74) is 0.521. The van der Waals surface area contributed by atoms with Crippen LogP contribution in [0.2, 0.25) is 0 Å². The molecule has 1 aliphatic rings. The molecule has 0 aliphatic heterocycles. The molecule has 2 rings (SSSR count). The van der Waals surface area contributed by atoms with Crippen molar-refractivity contribution in [2.75, 3.05) is 11.5 Å². The van der Waals surface area contributed by atoms with E-state index in [0.29, 0.717) is 5.41 Å². The number of rotatable bonds is 4. The maximum absolute atomic E-state index is 4.37. The summed E-state index contributed by atoms with van der Waals surface area (Å²) in [5, 5.41) is 0. The summed E-state index contributed by atoms with van der Waals surface area (Å²) in [6, 6.07) is 0. The summed E-state index contributed by atoms with van der Waals surface area (Å²) in [4.78, 5) is 4.32. The summed E-state index contributed by atoms with van der Waals surface area (Å²) in [7, 11) is 0. The first kappa shape index (κ1) is 9.80. The van der Waals surface area contributed by atoms with Gasteiger partial charge in [-0.15, -0.1) is 0 Å². The Morgan fingerprint density at radius 1 is 1.62 bits per heavy atom. The average Bonchev–Trinajstić information content (AvgIpc) is 2.81. The van der Waals surface area contributed by atoms with Gasteiger partial charge in [-0.2, -0.15) is 17.0 Å². The van der Waals surface area contributed by atoms with Gasteiger partial charge in [0.15, 0.2) is 4.34 Å². The number of thioether (sulfide) groups is 1. The van der Waals surface area contributed by atoms with Gasteiger partial charge < -0.3 is 0 Å². The van der Waals surface area contributed by atoms with Gasteiger partial charge in [0, 0.05) is 5.75 Å². The molecule has 1 aromatic heterocycles. The lowest BCUT2D eigenvalue weighted by molar-refractivity contribution is 0.683. The van der Waals surface area contributed by atoms with Crippen molar-refractivity contribution in [3.8, 4) is 0 Å². The molecule has 1 heterocycles. The summed E-state index contributed by atoms with van der Waals surface area (Å²) in [6.45, 7) is 1.94.